The van der Waals surface area contributed by atoms with Gasteiger partial charge in [0.15, 0.2) is 23.1 Å². The van der Waals surface area contributed by atoms with Crippen molar-refractivity contribution >= 4 is 69.1 Å². The van der Waals surface area contributed by atoms with E-state index in [0.717, 1.165) is 162 Å². The SMILES string of the molecule is CCc1nc(-c2cc3c(cc2Cl)C(=O)CC3)n(CC)c(=O)c1NC(CC)CC.CCc1nc(-c2cc3c(cc2Cl)C(=O)CCC3)n(CC)c(=O)c1NC(CC)CC.CCc1nc(-c2cc3c(cc2OC)C(=O)CC3)n(CC)c(=O)c1NC(CC)CC.CCc1nc(-c2cc3c(cc2OC)C(=O)CCC3)n(CC)c(=O)c1NC(CC)CC. The molecule has 12 rings (SSSR count). The molecule has 22 nitrogen and oxygen atoms in total. The van der Waals surface area contributed by atoms with Crippen LogP contribution in [-0.2, 0) is 77.5 Å². The van der Waals surface area contributed by atoms with E-state index in [-0.39, 0.29) is 69.5 Å². The number of nitrogens with zero attached hydrogens (tertiary/aromatic N) is 8. The smallest absolute Gasteiger partial charge is 0.277 e. The number of ketones is 4. The molecule has 0 atom stereocenters. The molecule has 0 unspecified atom stereocenters. The van der Waals surface area contributed by atoms with Crippen molar-refractivity contribution in [1.29, 1.82) is 0 Å². The minimum absolute atomic E-state index is 0.0536. The zero-order valence-electron chi connectivity index (χ0n) is 71.7. The molecule has 4 aromatic carbocycles. The Morgan fingerprint density at radius 1 is 0.310 bits per heavy atom. The average Bonchev–Trinajstić information content (AvgIpc) is 1.27. The number of hydrogen-bond donors (Lipinski definition) is 4. The minimum atomic E-state index is -0.0658. The molecular formula is C92H122Cl2N12O10. The highest BCUT2D eigenvalue weighted by Gasteiger charge is 2.31. The van der Waals surface area contributed by atoms with Crippen LogP contribution in [0.5, 0.6) is 11.5 Å². The predicted octanol–water partition coefficient (Wildman–Crippen LogP) is 19.0. The quantitative estimate of drug-likeness (QED) is 0.0326. The van der Waals surface area contributed by atoms with Gasteiger partial charge < -0.3 is 30.7 Å². The van der Waals surface area contributed by atoms with Crippen LogP contribution in [0.15, 0.2) is 67.7 Å². The van der Waals surface area contributed by atoms with Crippen LogP contribution in [0.25, 0.3) is 45.6 Å². The first-order chi connectivity index (χ1) is 55.8. The highest BCUT2D eigenvalue weighted by Crippen LogP contribution is 2.40. The Bertz CT molecular complexity index is 5180. The Morgan fingerprint density at radius 3 is 0.784 bits per heavy atom. The van der Waals surface area contributed by atoms with Crippen LogP contribution in [0.1, 0.15) is 287 Å². The molecule has 0 radical (unpaired) electrons. The van der Waals surface area contributed by atoms with E-state index in [1.807, 2.05) is 85.7 Å². The number of methoxy groups -OCH3 is 2. The summed E-state index contributed by atoms with van der Waals surface area (Å²) in [4.78, 5) is 122. The third-order valence-corrected chi connectivity index (χ3v) is 23.9. The lowest BCUT2D eigenvalue weighted by molar-refractivity contribution is 0.0964. The topological polar surface area (TPSA) is 274 Å². The van der Waals surface area contributed by atoms with E-state index in [9.17, 15) is 38.4 Å². The molecule has 4 aliphatic rings. The summed E-state index contributed by atoms with van der Waals surface area (Å²) in [5.41, 5.74) is 15.0. The number of nitrogens with one attached hydrogen (secondary N) is 4. The maximum absolute atomic E-state index is 13.4. The van der Waals surface area contributed by atoms with E-state index >= 15 is 0 Å². The van der Waals surface area contributed by atoms with Gasteiger partial charge in [0.05, 0.1) is 58.2 Å². The monoisotopic (exact) mass is 1620 g/mol. The van der Waals surface area contributed by atoms with Gasteiger partial charge in [0, 0.05) is 109 Å². The van der Waals surface area contributed by atoms with Crippen molar-refractivity contribution in [3.05, 3.63) is 167 Å². The molecule has 0 saturated carbocycles. The molecular weight excluding hydrogens is 1500 g/mol. The number of aromatic nitrogens is 8. The van der Waals surface area contributed by atoms with E-state index < -0.39 is 0 Å². The minimum Gasteiger partial charge on any atom is -0.496 e. The van der Waals surface area contributed by atoms with Crippen molar-refractivity contribution in [1.82, 2.24) is 38.2 Å². The fourth-order valence-corrected chi connectivity index (χ4v) is 16.6. The zero-order valence-corrected chi connectivity index (χ0v) is 73.2. The van der Waals surface area contributed by atoms with Gasteiger partial charge in [-0.1, -0.05) is 106 Å². The molecule has 0 saturated heterocycles. The highest BCUT2D eigenvalue weighted by atomic mass is 35.5. The van der Waals surface area contributed by atoms with Gasteiger partial charge in [-0.15, -0.1) is 0 Å². The van der Waals surface area contributed by atoms with Gasteiger partial charge in [-0.3, -0.25) is 56.6 Å². The van der Waals surface area contributed by atoms with Crippen LogP contribution in [0.4, 0.5) is 22.7 Å². The Morgan fingerprint density at radius 2 is 0.543 bits per heavy atom. The number of halogens is 2. The predicted molar refractivity (Wildman–Crippen MR) is 471 cm³/mol. The number of aryl methyl sites for hydroxylation is 8. The van der Waals surface area contributed by atoms with Crippen LogP contribution >= 0.6 is 23.2 Å². The van der Waals surface area contributed by atoms with Crippen molar-refractivity contribution in [3.63, 3.8) is 0 Å². The van der Waals surface area contributed by atoms with E-state index in [1.54, 1.807) is 50.7 Å². The molecule has 624 valence electrons. The lowest BCUT2D eigenvalue weighted by Crippen LogP contribution is -2.31. The number of ether oxygens (including phenoxy) is 2. The average molecular weight is 1630 g/mol. The van der Waals surface area contributed by atoms with Crippen LogP contribution in [-0.4, -0.2) is 99.7 Å². The van der Waals surface area contributed by atoms with Crippen LogP contribution in [0.2, 0.25) is 10.0 Å². The van der Waals surface area contributed by atoms with Crippen LogP contribution in [0, 0.1) is 0 Å². The number of carbonyl (C=O) groups excluding carboxylic acids is 4. The summed E-state index contributed by atoms with van der Waals surface area (Å²) in [6.07, 6.45) is 17.2. The van der Waals surface area contributed by atoms with E-state index in [0.29, 0.717) is 163 Å². The number of benzene rings is 4. The van der Waals surface area contributed by atoms with E-state index in [2.05, 4.69) is 76.7 Å². The first-order valence-corrected chi connectivity index (χ1v) is 43.4. The second kappa shape index (κ2) is 41.5. The number of hydrogen-bond acceptors (Lipinski definition) is 18. The molecule has 0 amide bonds. The van der Waals surface area contributed by atoms with Crippen molar-refractivity contribution in [3.8, 4) is 57.1 Å². The summed E-state index contributed by atoms with van der Waals surface area (Å²) in [6.45, 7) is 34.7. The van der Waals surface area contributed by atoms with Crippen LogP contribution in [0.3, 0.4) is 0 Å². The lowest BCUT2D eigenvalue weighted by Gasteiger charge is -2.23. The normalized spacial score (nSPS) is 13.4. The van der Waals surface area contributed by atoms with Gasteiger partial charge in [-0.05, 0) is 214 Å². The van der Waals surface area contributed by atoms with E-state index in [1.165, 1.54) is 0 Å². The number of Topliss-reactive ketones (excluding diaryl/α,β-unsaturated/α-hetero) is 4. The summed E-state index contributed by atoms with van der Waals surface area (Å²) in [7, 11) is 3.18. The third kappa shape index (κ3) is 19.3. The van der Waals surface area contributed by atoms with Gasteiger partial charge in [0.2, 0.25) is 0 Å². The highest BCUT2D eigenvalue weighted by molar-refractivity contribution is 6.34. The Balaban J connectivity index is 0.000000177. The second-order valence-electron chi connectivity index (χ2n) is 30.1. The first kappa shape index (κ1) is 90.4. The molecule has 4 N–H and O–H groups in total. The van der Waals surface area contributed by atoms with Gasteiger partial charge in [0.1, 0.15) is 57.5 Å². The number of rotatable bonds is 30. The maximum atomic E-state index is 13.4. The number of anilines is 4. The second-order valence-corrected chi connectivity index (χ2v) is 30.9. The largest absolute Gasteiger partial charge is 0.496 e. The van der Waals surface area contributed by atoms with Crippen LogP contribution < -0.4 is 53.0 Å². The summed E-state index contributed by atoms with van der Waals surface area (Å²) in [5, 5.41) is 14.6. The molecule has 0 bridgehead atoms. The number of fused-ring (bicyclic) bond motifs is 4. The summed E-state index contributed by atoms with van der Waals surface area (Å²) in [6, 6.07) is 15.9. The molecule has 0 spiro atoms. The summed E-state index contributed by atoms with van der Waals surface area (Å²) >= 11 is 13.1. The summed E-state index contributed by atoms with van der Waals surface area (Å²) < 4.78 is 18.0. The van der Waals surface area contributed by atoms with Gasteiger partial charge in [-0.2, -0.15) is 0 Å². The summed E-state index contributed by atoms with van der Waals surface area (Å²) in [5.74, 6) is 4.09. The number of carbonyl (C=O) groups is 4. The van der Waals surface area contributed by atoms with Gasteiger partial charge in [-0.25, -0.2) is 19.9 Å². The van der Waals surface area contributed by atoms with E-state index in [4.69, 9.17) is 52.6 Å². The molecule has 0 aliphatic heterocycles. The van der Waals surface area contributed by atoms with Crippen molar-refractivity contribution < 1.29 is 28.7 Å². The fourth-order valence-electron chi connectivity index (χ4n) is 16.1. The van der Waals surface area contributed by atoms with Crippen molar-refractivity contribution in [2.24, 2.45) is 0 Å². The molecule has 4 aliphatic carbocycles. The third-order valence-electron chi connectivity index (χ3n) is 23.3. The fraction of sp³-hybridized carbons (Fsp3) is 0.522. The standard InChI is InChI=1S/C24H33N3O3.C23H30ClN3O2.C23H31N3O3.C22H28ClN3O2/c1-6-16(7-2)25-22-19(8-3)26-23(27(9-4)24(22)29)18-13-15-11-10-12-20(28)17(15)14-21(18)30-5;1-5-15(6-2)25-21-19(7-3)26-22(27(8-4)23(21)29)17-12-14-10-9-11-20(28)16(14)13-18(17)24;1-6-15(7-2)24-21-18(8-3)25-22(26(9-4)23(21)28)17-12-14-10-11-19(27)16(14)13-20(17)29-5;1-5-14(6-2)24-20-18(7-3)25-21(26(8-4)22(20)28)16-11-13-9-10-19(27)15(13)12-17(16)23/h13-14,16,25H,6-12H2,1-5H3;12-13,15,25H,5-11H2,1-4H3;12-13,15,24H,6-11H2,1-5H3;11-12,14,24H,5-10H2,1-4H3. The maximum Gasteiger partial charge on any atom is 0.277 e. The Kier molecular flexibility index (Phi) is 32.4. The zero-order chi connectivity index (χ0) is 84.5. The van der Waals surface area contributed by atoms with Gasteiger partial charge in [0.25, 0.3) is 22.2 Å². The Hall–Kier alpha value is -9.54. The van der Waals surface area contributed by atoms with Gasteiger partial charge >= 0.3 is 0 Å². The Labute approximate surface area is 694 Å². The molecule has 24 heteroatoms. The van der Waals surface area contributed by atoms with Crippen molar-refractivity contribution in [2.75, 3.05) is 35.5 Å². The first-order valence-electron chi connectivity index (χ1n) is 42.7. The molecule has 0 fully saturated rings. The molecule has 116 heavy (non-hydrogen) atoms. The molecule has 4 aromatic heterocycles. The lowest BCUT2D eigenvalue weighted by atomic mass is 9.88. The molecule has 8 aromatic rings. The van der Waals surface area contributed by atoms with Crippen molar-refractivity contribution in [2.45, 2.75) is 302 Å². The molecule has 4 heterocycles.